The van der Waals surface area contributed by atoms with Gasteiger partial charge in [0.1, 0.15) is 0 Å². The minimum Gasteiger partial charge on any atom is -0.103 e. The Bertz CT molecular complexity index is 82.0. The zero-order valence-electron chi connectivity index (χ0n) is 7.27. The molecule has 0 amide bonds. The van der Waals surface area contributed by atoms with Crippen LogP contribution in [0.4, 0.5) is 0 Å². The van der Waals surface area contributed by atoms with E-state index in [1.165, 1.54) is 19.3 Å². The van der Waals surface area contributed by atoms with Gasteiger partial charge in [0, 0.05) is 0 Å². The van der Waals surface area contributed by atoms with Crippen LogP contribution < -0.4 is 0 Å². The zero-order valence-corrected chi connectivity index (χ0v) is 7.27. The Morgan fingerprint density at radius 2 is 1.90 bits per heavy atom. The minimum absolute atomic E-state index is 0.608. The van der Waals surface area contributed by atoms with E-state index in [2.05, 4.69) is 27.4 Å². The first-order valence-electron chi connectivity index (χ1n) is 4.12. The van der Waals surface area contributed by atoms with Gasteiger partial charge in [-0.3, -0.25) is 0 Å². The molecule has 59 valence electrons. The van der Waals surface area contributed by atoms with Crippen molar-refractivity contribution < 1.29 is 0 Å². The molecule has 0 heteroatoms. The quantitative estimate of drug-likeness (QED) is 0.512. The van der Waals surface area contributed by atoms with E-state index in [0.717, 1.165) is 0 Å². The second kappa shape index (κ2) is 5.52. The van der Waals surface area contributed by atoms with Gasteiger partial charge in [0.25, 0.3) is 0 Å². The van der Waals surface area contributed by atoms with E-state index in [4.69, 9.17) is 0 Å². The van der Waals surface area contributed by atoms with E-state index in [1.54, 1.807) is 0 Å². The van der Waals surface area contributed by atoms with Crippen LogP contribution in [0.1, 0.15) is 33.1 Å². The first-order valence-corrected chi connectivity index (χ1v) is 4.12. The summed E-state index contributed by atoms with van der Waals surface area (Å²) in [5.74, 6) is 1.29. The molecule has 0 aliphatic heterocycles. The summed E-state index contributed by atoms with van der Waals surface area (Å²) >= 11 is 0. The normalized spacial score (nSPS) is 13.6. The fourth-order valence-electron chi connectivity index (χ4n) is 0.906. The zero-order chi connectivity index (χ0) is 7.98. The molecule has 0 aromatic carbocycles. The van der Waals surface area contributed by atoms with Crippen LogP contribution in [-0.2, 0) is 0 Å². The third-order valence-corrected chi connectivity index (χ3v) is 1.76. The number of hydrogen-bond donors (Lipinski definition) is 0. The highest BCUT2D eigenvalue weighted by molar-refractivity contribution is 4.74. The van der Waals surface area contributed by atoms with Crippen LogP contribution in [0.25, 0.3) is 0 Å². The first-order chi connectivity index (χ1) is 4.66. The molecule has 0 saturated heterocycles. The lowest BCUT2D eigenvalue weighted by Gasteiger charge is -2.06. The van der Waals surface area contributed by atoms with Crippen LogP contribution in [0.3, 0.4) is 0 Å². The van der Waals surface area contributed by atoms with Crippen molar-refractivity contribution in [2.45, 2.75) is 33.1 Å². The topological polar surface area (TPSA) is 0 Å². The maximum atomic E-state index is 3.94. The van der Waals surface area contributed by atoms with Gasteiger partial charge in [-0.05, 0) is 18.3 Å². The lowest BCUT2D eigenvalue weighted by Crippen LogP contribution is -1.92. The highest BCUT2D eigenvalue weighted by Gasteiger charge is 1.97. The molecule has 0 aromatic heterocycles. The maximum Gasteiger partial charge on any atom is -0.0265 e. The summed E-state index contributed by atoms with van der Waals surface area (Å²) < 4.78 is 0. The maximum absolute atomic E-state index is 3.94. The summed E-state index contributed by atoms with van der Waals surface area (Å²) in [6, 6.07) is 0. The summed E-state index contributed by atoms with van der Waals surface area (Å²) in [6.07, 6.45) is 5.83. The standard InChI is InChI=1S/C10H19/c1-5-10(4)8-6-7-9(2)3/h5,9-10H,1-2,6-8H2,3-4H3. The summed E-state index contributed by atoms with van der Waals surface area (Å²) in [7, 11) is 0. The minimum atomic E-state index is 0.608. The van der Waals surface area contributed by atoms with Crippen molar-refractivity contribution in [1.82, 2.24) is 0 Å². The van der Waals surface area contributed by atoms with Gasteiger partial charge in [-0.25, -0.2) is 0 Å². The molecular weight excluding hydrogens is 120 g/mol. The molecule has 2 atom stereocenters. The van der Waals surface area contributed by atoms with Crippen molar-refractivity contribution in [1.29, 1.82) is 0 Å². The predicted molar refractivity (Wildman–Crippen MR) is 47.7 cm³/mol. The van der Waals surface area contributed by atoms with E-state index in [9.17, 15) is 0 Å². The van der Waals surface area contributed by atoms with Gasteiger partial charge in [0.05, 0.1) is 0 Å². The van der Waals surface area contributed by atoms with Crippen molar-refractivity contribution in [2.75, 3.05) is 0 Å². The molecule has 0 spiro atoms. The predicted octanol–water partition coefficient (Wildman–Crippen LogP) is 3.45. The first kappa shape index (κ1) is 9.74. The molecule has 0 N–H and O–H groups in total. The second-order valence-electron chi connectivity index (χ2n) is 3.25. The lowest BCUT2D eigenvalue weighted by molar-refractivity contribution is 0.528. The number of allylic oxidation sites excluding steroid dienone is 1. The second-order valence-corrected chi connectivity index (χ2v) is 3.25. The van der Waals surface area contributed by atoms with Gasteiger partial charge in [0.2, 0.25) is 0 Å². The van der Waals surface area contributed by atoms with Gasteiger partial charge < -0.3 is 0 Å². The molecule has 0 bridgehead atoms. The average Bonchev–Trinajstić information content (AvgIpc) is 1.87. The van der Waals surface area contributed by atoms with Gasteiger partial charge >= 0.3 is 0 Å². The Morgan fingerprint density at radius 3 is 2.30 bits per heavy atom. The smallest absolute Gasteiger partial charge is 0.0265 e. The van der Waals surface area contributed by atoms with E-state index >= 15 is 0 Å². The number of hydrogen-bond acceptors (Lipinski definition) is 0. The molecular formula is C10H19. The van der Waals surface area contributed by atoms with Crippen molar-refractivity contribution in [3.63, 3.8) is 0 Å². The third kappa shape index (κ3) is 5.87. The SMILES string of the molecule is [CH2]C(C)CCCC(C)C=C. The van der Waals surface area contributed by atoms with Crippen LogP contribution in [0.2, 0.25) is 0 Å². The molecule has 0 rings (SSSR count). The molecule has 10 heavy (non-hydrogen) atoms. The monoisotopic (exact) mass is 139 g/mol. The lowest BCUT2D eigenvalue weighted by atomic mass is 10.00. The molecule has 1 radical (unpaired) electrons. The van der Waals surface area contributed by atoms with Crippen molar-refractivity contribution >= 4 is 0 Å². The number of rotatable bonds is 5. The van der Waals surface area contributed by atoms with Gasteiger partial charge in [-0.1, -0.05) is 39.7 Å². The Balaban J connectivity index is 3.11. The van der Waals surface area contributed by atoms with Crippen molar-refractivity contribution in [2.24, 2.45) is 11.8 Å². The molecule has 0 heterocycles. The largest absolute Gasteiger partial charge is 0.103 e. The highest BCUT2D eigenvalue weighted by Crippen LogP contribution is 2.11. The Kier molecular flexibility index (Phi) is 5.38. The molecule has 0 nitrogen and oxygen atoms in total. The van der Waals surface area contributed by atoms with E-state index in [0.29, 0.717) is 11.8 Å². The van der Waals surface area contributed by atoms with Crippen molar-refractivity contribution in [3.8, 4) is 0 Å². The van der Waals surface area contributed by atoms with Crippen LogP contribution in [-0.4, -0.2) is 0 Å². The van der Waals surface area contributed by atoms with E-state index in [1.807, 2.05) is 6.08 Å². The molecule has 0 aliphatic rings. The molecule has 0 aliphatic carbocycles. The van der Waals surface area contributed by atoms with Crippen LogP contribution in [0.15, 0.2) is 12.7 Å². The van der Waals surface area contributed by atoms with E-state index < -0.39 is 0 Å². The Hall–Kier alpha value is -0.260. The average molecular weight is 139 g/mol. The summed E-state index contributed by atoms with van der Waals surface area (Å²) in [5, 5.41) is 0. The summed E-state index contributed by atoms with van der Waals surface area (Å²) in [5.41, 5.74) is 0. The van der Waals surface area contributed by atoms with Crippen LogP contribution in [0.5, 0.6) is 0 Å². The van der Waals surface area contributed by atoms with Crippen molar-refractivity contribution in [3.05, 3.63) is 19.6 Å². The van der Waals surface area contributed by atoms with Gasteiger partial charge in [-0.15, -0.1) is 6.58 Å². The summed E-state index contributed by atoms with van der Waals surface area (Å²) in [6.45, 7) is 12.1. The van der Waals surface area contributed by atoms with E-state index in [-0.39, 0.29) is 0 Å². The van der Waals surface area contributed by atoms with Crippen LogP contribution >= 0.6 is 0 Å². The third-order valence-electron chi connectivity index (χ3n) is 1.76. The molecule has 0 saturated carbocycles. The molecule has 0 aromatic rings. The Labute approximate surface area is 65.3 Å². The van der Waals surface area contributed by atoms with Gasteiger partial charge in [0.15, 0.2) is 0 Å². The Morgan fingerprint density at radius 1 is 1.30 bits per heavy atom. The van der Waals surface area contributed by atoms with Crippen LogP contribution in [0, 0.1) is 18.8 Å². The molecule has 0 fully saturated rings. The summed E-state index contributed by atoms with van der Waals surface area (Å²) in [4.78, 5) is 0. The van der Waals surface area contributed by atoms with Gasteiger partial charge in [-0.2, -0.15) is 0 Å². The fourth-order valence-corrected chi connectivity index (χ4v) is 0.906. The fraction of sp³-hybridized carbons (Fsp3) is 0.700. The molecule has 2 unspecified atom stereocenters. The highest BCUT2D eigenvalue weighted by atomic mass is 14.0.